The molecule has 0 saturated carbocycles. The molecule has 0 heterocycles. The maximum Gasteiger partial charge on any atom is 0.0385 e. The Balaban J connectivity index is 1.16. The molecule has 5 aromatic rings. The average Bonchev–Trinajstić information content (AvgIpc) is 3.01. The van der Waals surface area contributed by atoms with E-state index < -0.39 is 0 Å². The second-order valence-electron chi connectivity index (χ2n) is 12.1. The van der Waals surface area contributed by atoms with Crippen LogP contribution in [0.2, 0.25) is 0 Å². The summed E-state index contributed by atoms with van der Waals surface area (Å²) in [4.78, 5) is 0. The molecule has 0 spiro atoms. The summed E-state index contributed by atoms with van der Waals surface area (Å²) in [5.74, 6) is 0. The molecule has 0 aliphatic rings. The summed E-state index contributed by atoms with van der Waals surface area (Å²) in [6.07, 6.45) is 3.14. The molecule has 1 unspecified atom stereocenters. The van der Waals surface area contributed by atoms with E-state index in [1.54, 1.807) is 0 Å². The molecule has 0 fully saturated rings. The van der Waals surface area contributed by atoms with Gasteiger partial charge in [-0.3, -0.25) is 0 Å². The molecule has 0 aliphatic carbocycles. The lowest BCUT2D eigenvalue weighted by molar-refractivity contribution is 0.452. The van der Waals surface area contributed by atoms with Gasteiger partial charge in [0.05, 0.1) is 0 Å². The van der Waals surface area contributed by atoms with E-state index in [0.29, 0.717) is 0 Å². The quantitative estimate of drug-likeness (QED) is 0.175. The molecule has 0 saturated heterocycles. The van der Waals surface area contributed by atoms with Crippen LogP contribution < -0.4 is 10.6 Å². The molecule has 2 nitrogen and oxygen atoms in total. The molecule has 2 N–H and O–H groups in total. The lowest BCUT2D eigenvalue weighted by Crippen LogP contribution is -2.23. The molecule has 0 amide bonds. The van der Waals surface area contributed by atoms with Gasteiger partial charge in [0.15, 0.2) is 0 Å². The van der Waals surface area contributed by atoms with Gasteiger partial charge in [0.25, 0.3) is 0 Å². The van der Waals surface area contributed by atoms with Crippen LogP contribution in [0, 0.1) is 0 Å². The predicted molar refractivity (Wildman–Crippen MR) is 177 cm³/mol. The van der Waals surface area contributed by atoms with Crippen LogP contribution in [0.25, 0.3) is 0 Å². The normalized spacial score (nSPS) is 12.9. The van der Waals surface area contributed by atoms with E-state index in [1.165, 1.54) is 22.3 Å². The van der Waals surface area contributed by atoms with Crippen LogP contribution in [0.3, 0.4) is 0 Å². The van der Waals surface area contributed by atoms with E-state index in [4.69, 9.17) is 0 Å². The van der Waals surface area contributed by atoms with Gasteiger partial charge in [-0.1, -0.05) is 113 Å². The fourth-order valence-electron chi connectivity index (χ4n) is 5.61. The Hall–Kier alpha value is -4.30. The van der Waals surface area contributed by atoms with Crippen molar-refractivity contribution in [2.75, 3.05) is 10.6 Å². The Morgan fingerprint density at radius 2 is 0.805 bits per heavy atom. The van der Waals surface area contributed by atoms with Crippen LogP contribution in [0.5, 0.6) is 0 Å². The summed E-state index contributed by atoms with van der Waals surface area (Å²) in [7, 11) is 0. The first-order chi connectivity index (χ1) is 19.8. The molecule has 41 heavy (non-hydrogen) atoms. The number of hydrogen-bond acceptors (Lipinski definition) is 2. The number of rotatable bonds is 11. The summed E-state index contributed by atoms with van der Waals surface area (Å²) in [6, 6.07) is 47.8. The average molecular weight is 539 g/mol. The first-order valence-corrected chi connectivity index (χ1v) is 14.8. The zero-order valence-electron chi connectivity index (χ0n) is 24.8. The van der Waals surface area contributed by atoms with E-state index in [-0.39, 0.29) is 10.8 Å². The second-order valence-corrected chi connectivity index (χ2v) is 12.1. The summed E-state index contributed by atoms with van der Waals surface area (Å²) in [5, 5.41) is 7.08. The monoisotopic (exact) mass is 538 g/mol. The van der Waals surface area contributed by atoms with Crippen LogP contribution >= 0.6 is 0 Å². The van der Waals surface area contributed by atoms with Crippen molar-refractivity contribution >= 4 is 22.7 Å². The van der Waals surface area contributed by atoms with Crippen molar-refractivity contribution in [3.63, 3.8) is 0 Å². The molecular weight excluding hydrogens is 496 g/mol. The lowest BCUT2D eigenvalue weighted by Gasteiger charge is -2.29. The summed E-state index contributed by atoms with van der Waals surface area (Å²) in [6.45, 7) is 9.27. The van der Waals surface area contributed by atoms with Crippen LogP contribution in [0.1, 0.15) is 56.4 Å². The second kappa shape index (κ2) is 12.5. The number of nitrogens with one attached hydrogen (secondary N) is 2. The minimum Gasteiger partial charge on any atom is -0.356 e. The smallest absolute Gasteiger partial charge is 0.0385 e. The zero-order valence-corrected chi connectivity index (χ0v) is 24.8. The summed E-state index contributed by atoms with van der Waals surface area (Å²) in [5.41, 5.74) is 10.0. The van der Waals surface area contributed by atoms with Crippen LogP contribution in [0.4, 0.5) is 22.7 Å². The Bertz CT molecular complexity index is 1500. The van der Waals surface area contributed by atoms with E-state index >= 15 is 0 Å². The standard InChI is InChI=1S/C39H42N2/c1-5-39(4,33-14-10-7-11-15-33)29-31-18-22-35(23-19-31)41-37-26-24-36(25-27-37)40-34-20-16-30(17-21-34)28-38(2,3)32-12-8-6-9-13-32/h6-27,40-41H,5,28-29H2,1-4H3. The fourth-order valence-corrected chi connectivity index (χ4v) is 5.61. The highest BCUT2D eigenvalue weighted by molar-refractivity contribution is 5.66. The zero-order chi connectivity index (χ0) is 28.7. The highest BCUT2D eigenvalue weighted by Crippen LogP contribution is 2.32. The van der Waals surface area contributed by atoms with E-state index in [1.807, 2.05) is 0 Å². The lowest BCUT2D eigenvalue weighted by atomic mass is 9.75. The topological polar surface area (TPSA) is 24.1 Å². The van der Waals surface area contributed by atoms with Gasteiger partial charge in [-0.2, -0.15) is 0 Å². The third-order valence-electron chi connectivity index (χ3n) is 8.42. The molecule has 0 radical (unpaired) electrons. The van der Waals surface area contributed by atoms with Crippen molar-refractivity contribution in [2.45, 2.75) is 57.8 Å². The van der Waals surface area contributed by atoms with E-state index in [9.17, 15) is 0 Å². The Kier molecular flexibility index (Phi) is 8.59. The van der Waals surface area contributed by atoms with Gasteiger partial charge in [0, 0.05) is 22.7 Å². The van der Waals surface area contributed by atoms with Crippen LogP contribution in [-0.4, -0.2) is 0 Å². The van der Waals surface area contributed by atoms with E-state index in [0.717, 1.165) is 42.0 Å². The van der Waals surface area contributed by atoms with Gasteiger partial charge < -0.3 is 10.6 Å². The minimum atomic E-state index is 0.0949. The highest BCUT2D eigenvalue weighted by Gasteiger charge is 2.24. The van der Waals surface area contributed by atoms with Gasteiger partial charge in [0.2, 0.25) is 0 Å². The van der Waals surface area contributed by atoms with E-state index in [2.05, 4.69) is 172 Å². The third-order valence-corrected chi connectivity index (χ3v) is 8.42. The third kappa shape index (κ3) is 7.27. The maximum atomic E-state index is 3.55. The summed E-state index contributed by atoms with van der Waals surface area (Å²) >= 11 is 0. The van der Waals surface area contributed by atoms with Crippen LogP contribution in [-0.2, 0) is 23.7 Å². The van der Waals surface area contributed by atoms with Crippen molar-refractivity contribution in [3.8, 4) is 0 Å². The molecule has 0 aliphatic heterocycles. The van der Waals surface area contributed by atoms with Gasteiger partial charge in [-0.05, 0) is 101 Å². The number of hydrogen-bond donors (Lipinski definition) is 2. The summed E-state index contributed by atoms with van der Waals surface area (Å²) < 4.78 is 0. The SMILES string of the molecule is CCC(C)(Cc1ccc(Nc2ccc(Nc3ccc(CC(C)(C)c4ccccc4)cc3)cc2)cc1)c1ccccc1. The largest absolute Gasteiger partial charge is 0.356 e. The van der Waals surface area contributed by atoms with Gasteiger partial charge in [-0.15, -0.1) is 0 Å². The molecule has 5 aromatic carbocycles. The minimum absolute atomic E-state index is 0.0949. The van der Waals surface area contributed by atoms with Crippen LogP contribution in [0.15, 0.2) is 133 Å². The fraction of sp³-hybridized carbons (Fsp3) is 0.231. The Labute approximate surface area is 246 Å². The maximum absolute atomic E-state index is 3.55. The van der Waals surface area contributed by atoms with Crippen molar-refractivity contribution in [2.24, 2.45) is 0 Å². The predicted octanol–water partition coefficient (Wildman–Crippen LogP) is 10.6. The molecule has 0 aromatic heterocycles. The first-order valence-electron chi connectivity index (χ1n) is 14.8. The Morgan fingerprint density at radius 1 is 0.439 bits per heavy atom. The van der Waals surface area contributed by atoms with Gasteiger partial charge in [-0.25, -0.2) is 0 Å². The molecule has 5 rings (SSSR count). The number of anilines is 4. The van der Waals surface area contributed by atoms with Crippen molar-refractivity contribution in [1.29, 1.82) is 0 Å². The van der Waals surface area contributed by atoms with Gasteiger partial charge in [0.1, 0.15) is 0 Å². The molecule has 0 bridgehead atoms. The molecule has 2 heteroatoms. The van der Waals surface area contributed by atoms with Crippen molar-refractivity contribution in [3.05, 3.63) is 156 Å². The molecular formula is C39H42N2. The van der Waals surface area contributed by atoms with Gasteiger partial charge >= 0.3 is 0 Å². The highest BCUT2D eigenvalue weighted by atomic mass is 14.9. The molecule has 208 valence electrons. The van der Waals surface area contributed by atoms with Crippen molar-refractivity contribution in [1.82, 2.24) is 0 Å². The van der Waals surface area contributed by atoms with Crippen molar-refractivity contribution < 1.29 is 0 Å². The molecule has 1 atom stereocenters. The first kappa shape index (κ1) is 28.2. The number of benzene rings is 5. The Morgan fingerprint density at radius 3 is 1.22 bits per heavy atom.